The molecule has 0 fully saturated rings. The third kappa shape index (κ3) is 3.21. The number of aromatic nitrogens is 1. The number of carbonyl (C=O) groups is 2. The van der Waals surface area contributed by atoms with Crippen molar-refractivity contribution in [2.75, 3.05) is 5.32 Å². The van der Waals surface area contributed by atoms with Gasteiger partial charge in [-0.1, -0.05) is 18.2 Å². The first-order valence-electron chi connectivity index (χ1n) is 7.59. The Morgan fingerprint density at radius 3 is 2.54 bits per heavy atom. The zero-order chi connectivity index (χ0) is 17.3. The molecule has 122 valence electrons. The first kappa shape index (κ1) is 16.7. The first-order valence-corrected chi connectivity index (χ1v) is 8.67. The van der Waals surface area contributed by atoms with E-state index in [2.05, 4.69) is 27.9 Å². The second-order valence-electron chi connectivity index (χ2n) is 5.81. The number of halogens is 1. The van der Waals surface area contributed by atoms with Gasteiger partial charge in [0, 0.05) is 31.9 Å². The largest absolute Gasteiger partial charge is 0.337 e. The lowest BCUT2D eigenvalue weighted by molar-refractivity contribution is -0.116. The average molecular weight is 432 g/mol. The van der Waals surface area contributed by atoms with E-state index in [0.29, 0.717) is 5.56 Å². The van der Waals surface area contributed by atoms with Crippen LogP contribution in [0.3, 0.4) is 0 Å². The molecule has 5 heteroatoms. The van der Waals surface area contributed by atoms with Gasteiger partial charge in [-0.25, -0.2) is 0 Å². The number of rotatable bonds is 4. The van der Waals surface area contributed by atoms with E-state index in [9.17, 15) is 9.59 Å². The first-order chi connectivity index (χ1) is 11.5. The van der Waals surface area contributed by atoms with Crippen LogP contribution in [0.15, 0.2) is 42.6 Å². The molecule has 0 saturated carbocycles. The lowest BCUT2D eigenvalue weighted by Gasteiger charge is -2.13. The van der Waals surface area contributed by atoms with Gasteiger partial charge in [-0.2, -0.15) is 0 Å². The maximum atomic E-state index is 12.5. The summed E-state index contributed by atoms with van der Waals surface area (Å²) in [4.78, 5) is 23.7. The predicted octanol–water partition coefficient (Wildman–Crippen LogP) is 4.31. The van der Waals surface area contributed by atoms with Gasteiger partial charge in [-0.15, -0.1) is 0 Å². The Balaban J connectivity index is 1.87. The monoisotopic (exact) mass is 432 g/mol. The van der Waals surface area contributed by atoms with Crippen LogP contribution in [0.25, 0.3) is 10.9 Å². The quantitative estimate of drug-likeness (QED) is 0.494. The van der Waals surface area contributed by atoms with E-state index in [-0.39, 0.29) is 12.5 Å². The summed E-state index contributed by atoms with van der Waals surface area (Å²) in [6, 6.07) is 11.7. The second-order valence-corrected chi connectivity index (χ2v) is 7.06. The third-order valence-corrected chi connectivity index (χ3v) is 4.65. The number of nitrogens with one attached hydrogen (secondary N) is 1. The molecule has 1 N–H and O–H groups in total. The molecule has 0 unspecified atom stereocenters. The number of fused-ring (bicyclic) bond motifs is 1. The molecule has 0 bridgehead atoms. The van der Waals surface area contributed by atoms with Crippen LogP contribution in [-0.2, 0) is 11.3 Å². The maximum absolute atomic E-state index is 12.5. The van der Waals surface area contributed by atoms with Crippen molar-refractivity contribution >= 4 is 51.4 Å². The highest BCUT2D eigenvalue weighted by Gasteiger charge is 2.12. The summed E-state index contributed by atoms with van der Waals surface area (Å²) >= 11 is 2.27. The van der Waals surface area contributed by atoms with E-state index in [1.165, 1.54) is 0 Å². The smallest absolute Gasteiger partial charge is 0.244 e. The molecule has 0 atom stereocenters. The van der Waals surface area contributed by atoms with Gasteiger partial charge in [0.05, 0.1) is 0 Å². The summed E-state index contributed by atoms with van der Waals surface area (Å²) in [5, 5.41) is 3.86. The number of para-hydroxylation sites is 1. The van der Waals surface area contributed by atoms with Gasteiger partial charge < -0.3 is 9.88 Å². The summed E-state index contributed by atoms with van der Waals surface area (Å²) < 4.78 is 2.96. The lowest BCUT2D eigenvalue weighted by atomic mass is 10.1. The van der Waals surface area contributed by atoms with Gasteiger partial charge >= 0.3 is 0 Å². The predicted molar refractivity (Wildman–Crippen MR) is 105 cm³/mol. The Morgan fingerprint density at radius 1 is 1.21 bits per heavy atom. The molecule has 0 saturated heterocycles. The highest BCUT2D eigenvalue weighted by molar-refractivity contribution is 14.1. The van der Waals surface area contributed by atoms with E-state index in [0.717, 1.165) is 37.6 Å². The van der Waals surface area contributed by atoms with Crippen LogP contribution >= 0.6 is 22.6 Å². The van der Waals surface area contributed by atoms with Crippen molar-refractivity contribution in [1.82, 2.24) is 4.57 Å². The minimum atomic E-state index is -0.111. The summed E-state index contributed by atoms with van der Waals surface area (Å²) in [6.45, 7) is 4.14. The van der Waals surface area contributed by atoms with Gasteiger partial charge in [0.15, 0.2) is 6.29 Å². The fourth-order valence-corrected chi connectivity index (χ4v) is 3.88. The van der Waals surface area contributed by atoms with Crippen LogP contribution in [0.4, 0.5) is 5.69 Å². The molecule has 3 aromatic rings. The minimum absolute atomic E-state index is 0.111. The number of benzene rings is 2. The van der Waals surface area contributed by atoms with Crippen LogP contribution in [0.2, 0.25) is 0 Å². The Bertz CT molecular complexity index is 921. The third-order valence-electron chi connectivity index (χ3n) is 4.02. The minimum Gasteiger partial charge on any atom is -0.337 e. The van der Waals surface area contributed by atoms with Crippen LogP contribution in [0.5, 0.6) is 0 Å². The molecule has 3 rings (SSSR count). The van der Waals surface area contributed by atoms with Crippen molar-refractivity contribution in [3.05, 3.63) is 62.9 Å². The molecular formula is C19H17IN2O2. The molecule has 2 aromatic carbocycles. The molecule has 0 aliphatic heterocycles. The SMILES string of the molecule is Cc1cc(I)cc(C)c1NC(=O)Cn1cc(C=O)c2ccccc21. The van der Waals surface area contributed by atoms with Crippen molar-refractivity contribution in [3.63, 3.8) is 0 Å². The Hall–Kier alpha value is -2.15. The van der Waals surface area contributed by atoms with Crippen LogP contribution in [-0.4, -0.2) is 16.8 Å². The van der Waals surface area contributed by atoms with Crippen LogP contribution < -0.4 is 5.32 Å². The van der Waals surface area contributed by atoms with Crippen LogP contribution in [0, 0.1) is 17.4 Å². The molecule has 0 aliphatic rings. The highest BCUT2D eigenvalue weighted by Crippen LogP contribution is 2.24. The molecule has 1 amide bonds. The summed E-state index contributed by atoms with van der Waals surface area (Å²) in [5.74, 6) is -0.111. The van der Waals surface area contributed by atoms with Gasteiger partial charge in [0.2, 0.25) is 5.91 Å². The molecule has 0 spiro atoms. The van der Waals surface area contributed by atoms with Gasteiger partial charge in [-0.05, 0) is 65.8 Å². The van der Waals surface area contributed by atoms with Gasteiger partial charge in [-0.3, -0.25) is 9.59 Å². The number of aldehydes is 1. The highest BCUT2D eigenvalue weighted by atomic mass is 127. The number of nitrogens with zero attached hydrogens (tertiary/aromatic N) is 1. The summed E-state index contributed by atoms with van der Waals surface area (Å²) in [5.41, 5.74) is 4.41. The number of carbonyl (C=O) groups excluding carboxylic acids is 2. The van der Waals surface area contributed by atoms with Gasteiger partial charge in [0.25, 0.3) is 0 Å². The van der Waals surface area contributed by atoms with Crippen molar-refractivity contribution in [2.45, 2.75) is 20.4 Å². The summed E-state index contributed by atoms with van der Waals surface area (Å²) in [7, 11) is 0. The van der Waals surface area contributed by atoms with E-state index < -0.39 is 0 Å². The number of hydrogen-bond donors (Lipinski definition) is 1. The van der Waals surface area contributed by atoms with Crippen molar-refractivity contribution in [1.29, 1.82) is 0 Å². The van der Waals surface area contributed by atoms with E-state index in [4.69, 9.17) is 0 Å². The molecule has 0 radical (unpaired) electrons. The second kappa shape index (κ2) is 6.76. The van der Waals surface area contributed by atoms with Gasteiger partial charge in [0.1, 0.15) is 6.54 Å². The van der Waals surface area contributed by atoms with E-state index >= 15 is 0 Å². The molecular weight excluding hydrogens is 415 g/mol. The average Bonchev–Trinajstić information content (AvgIpc) is 2.89. The van der Waals surface area contributed by atoms with Crippen molar-refractivity contribution < 1.29 is 9.59 Å². The normalized spacial score (nSPS) is 10.8. The molecule has 1 heterocycles. The lowest BCUT2D eigenvalue weighted by Crippen LogP contribution is -2.19. The van der Waals surface area contributed by atoms with Crippen molar-refractivity contribution in [3.8, 4) is 0 Å². The van der Waals surface area contributed by atoms with Crippen LogP contribution in [0.1, 0.15) is 21.5 Å². The summed E-state index contributed by atoms with van der Waals surface area (Å²) in [6.07, 6.45) is 2.55. The Kier molecular flexibility index (Phi) is 4.71. The molecule has 24 heavy (non-hydrogen) atoms. The van der Waals surface area contributed by atoms with Crippen molar-refractivity contribution in [2.24, 2.45) is 0 Å². The zero-order valence-corrected chi connectivity index (χ0v) is 15.6. The standard InChI is InChI=1S/C19H17IN2O2/c1-12-7-15(20)8-13(2)19(12)21-18(24)10-22-9-14(11-23)16-5-3-4-6-17(16)22/h3-9,11H,10H2,1-2H3,(H,21,24). The topological polar surface area (TPSA) is 51.1 Å². The molecule has 1 aromatic heterocycles. The van der Waals surface area contributed by atoms with E-state index in [1.807, 2.05) is 54.8 Å². The maximum Gasteiger partial charge on any atom is 0.244 e. The fourth-order valence-electron chi connectivity index (χ4n) is 2.94. The molecule has 4 nitrogen and oxygen atoms in total. The molecule has 0 aliphatic carbocycles. The number of amides is 1. The number of anilines is 1. The Morgan fingerprint density at radius 2 is 1.88 bits per heavy atom. The number of hydrogen-bond acceptors (Lipinski definition) is 2. The van der Waals surface area contributed by atoms with E-state index in [1.54, 1.807) is 6.20 Å². The number of aryl methyl sites for hydroxylation is 2. The zero-order valence-electron chi connectivity index (χ0n) is 13.5. The fraction of sp³-hybridized carbons (Fsp3) is 0.158. The Labute approximate surface area is 154 Å².